The fraction of sp³-hybridized carbons (Fsp3) is 0.571. The number of aliphatic hydroxyl groups is 1. The average Bonchev–Trinajstić information content (AvgIpc) is 3.09. The van der Waals surface area contributed by atoms with Crippen molar-refractivity contribution in [3.63, 3.8) is 0 Å². The molecular formula is C14H21NO. The maximum atomic E-state index is 9.11. The third kappa shape index (κ3) is 3.62. The molecule has 1 aliphatic carbocycles. The van der Waals surface area contributed by atoms with Gasteiger partial charge in [-0.05, 0) is 49.8 Å². The summed E-state index contributed by atoms with van der Waals surface area (Å²) in [5.74, 6) is 0.845. The van der Waals surface area contributed by atoms with Crippen molar-refractivity contribution in [2.24, 2.45) is 0 Å². The molecule has 2 heteroatoms. The van der Waals surface area contributed by atoms with Crippen molar-refractivity contribution in [2.75, 3.05) is 6.54 Å². The van der Waals surface area contributed by atoms with Gasteiger partial charge in [-0.3, -0.25) is 0 Å². The lowest BCUT2D eigenvalue weighted by atomic mass is 10.1. The molecule has 0 aromatic heterocycles. The van der Waals surface area contributed by atoms with Crippen molar-refractivity contribution >= 4 is 0 Å². The average molecular weight is 219 g/mol. The number of hydrogen-bond donors (Lipinski definition) is 2. The zero-order chi connectivity index (χ0) is 11.4. The van der Waals surface area contributed by atoms with Gasteiger partial charge in [-0.2, -0.15) is 0 Å². The molecule has 0 heterocycles. The van der Waals surface area contributed by atoms with Gasteiger partial charge in [0.15, 0.2) is 0 Å². The van der Waals surface area contributed by atoms with Gasteiger partial charge in [-0.1, -0.05) is 24.3 Å². The van der Waals surface area contributed by atoms with Crippen molar-refractivity contribution in [1.29, 1.82) is 0 Å². The van der Waals surface area contributed by atoms with E-state index in [9.17, 15) is 0 Å². The van der Waals surface area contributed by atoms with E-state index in [1.54, 1.807) is 0 Å². The van der Waals surface area contributed by atoms with Gasteiger partial charge in [0, 0.05) is 6.54 Å². The van der Waals surface area contributed by atoms with E-state index >= 15 is 0 Å². The van der Waals surface area contributed by atoms with E-state index in [0.29, 0.717) is 0 Å². The van der Waals surface area contributed by atoms with Crippen LogP contribution < -0.4 is 5.32 Å². The number of benzene rings is 1. The van der Waals surface area contributed by atoms with Gasteiger partial charge in [0.2, 0.25) is 0 Å². The van der Waals surface area contributed by atoms with Crippen molar-refractivity contribution in [3.05, 3.63) is 35.4 Å². The van der Waals surface area contributed by atoms with E-state index in [-0.39, 0.29) is 6.10 Å². The molecule has 1 aliphatic rings. The van der Waals surface area contributed by atoms with Crippen molar-refractivity contribution < 1.29 is 5.11 Å². The summed E-state index contributed by atoms with van der Waals surface area (Å²) >= 11 is 0. The van der Waals surface area contributed by atoms with Crippen molar-refractivity contribution in [2.45, 2.75) is 44.8 Å². The van der Waals surface area contributed by atoms with Gasteiger partial charge in [-0.25, -0.2) is 0 Å². The Morgan fingerprint density at radius 3 is 2.56 bits per heavy atom. The smallest absolute Gasteiger partial charge is 0.0524 e. The molecule has 0 saturated heterocycles. The monoisotopic (exact) mass is 219 g/mol. The minimum atomic E-state index is -0.204. The van der Waals surface area contributed by atoms with Crippen LogP contribution in [0.2, 0.25) is 0 Å². The summed E-state index contributed by atoms with van der Waals surface area (Å²) in [4.78, 5) is 0. The van der Waals surface area contributed by atoms with Gasteiger partial charge < -0.3 is 10.4 Å². The summed E-state index contributed by atoms with van der Waals surface area (Å²) in [7, 11) is 0. The number of hydrogen-bond acceptors (Lipinski definition) is 2. The minimum Gasteiger partial charge on any atom is -0.393 e. The number of rotatable bonds is 6. The minimum absolute atomic E-state index is 0.204. The van der Waals surface area contributed by atoms with Gasteiger partial charge in [0.25, 0.3) is 0 Å². The molecule has 16 heavy (non-hydrogen) atoms. The second-order valence-electron chi connectivity index (χ2n) is 4.83. The van der Waals surface area contributed by atoms with E-state index < -0.39 is 0 Å². The van der Waals surface area contributed by atoms with Gasteiger partial charge in [-0.15, -0.1) is 0 Å². The molecule has 1 aromatic carbocycles. The summed E-state index contributed by atoms with van der Waals surface area (Å²) < 4.78 is 0. The molecule has 2 N–H and O–H groups in total. The molecule has 88 valence electrons. The summed E-state index contributed by atoms with van der Waals surface area (Å²) in [6.07, 6.45) is 3.35. The van der Waals surface area contributed by atoms with Crippen LogP contribution in [0.1, 0.15) is 43.2 Å². The van der Waals surface area contributed by atoms with E-state index in [0.717, 1.165) is 25.4 Å². The SMILES string of the molecule is CC(O)CCNCc1ccc(C2CC2)cc1. The molecule has 0 aliphatic heterocycles. The van der Waals surface area contributed by atoms with Crippen LogP contribution in [0.25, 0.3) is 0 Å². The molecule has 1 fully saturated rings. The van der Waals surface area contributed by atoms with Crippen LogP contribution in [0.4, 0.5) is 0 Å². The maximum Gasteiger partial charge on any atom is 0.0524 e. The molecule has 2 nitrogen and oxygen atoms in total. The fourth-order valence-corrected chi connectivity index (χ4v) is 1.87. The summed E-state index contributed by atoms with van der Waals surface area (Å²) in [5, 5.41) is 12.5. The first-order valence-corrected chi connectivity index (χ1v) is 6.23. The second kappa shape index (κ2) is 5.46. The Labute approximate surface area is 97.7 Å². The Kier molecular flexibility index (Phi) is 3.97. The zero-order valence-electron chi connectivity index (χ0n) is 9.95. The molecule has 0 spiro atoms. The van der Waals surface area contributed by atoms with Crippen molar-refractivity contribution in [3.8, 4) is 0 Å². The Hall–Kier alpha value is -0.860. The van der Waals surface area contributed by atoms with Crippen LogP contribution >= 0.6 is 0 Å². The normalized spacial score (nSPS) is 17.4. The molecule has 0 radical (unpaired) electrons. The first-order valence-electron chi connectivity index (χ1n) is 6.23. The highest BCUT2D eigenvalue weighted by Crippen LogP contribution is 2.39. The highest BCUT2D eigenvalue weighted by Gasteiger charge is 2.22. The van der Waals surface area contributed by atoms with Crippen molar-refractivity contribution in [1.82, 2.24) is 5.32 Å². The zero-order valence-corrected chi connectivity index (χ0v) is 9.95. The molecule has 1 unspecified atom stereocenters. The van der Waals surface area contributed by atoms with E-state index in [1.807, 2.05) is 6.92 Å². The first-order chi connectivity index (χ1) is 7.75. The fourth-order valence-electron chi connectivity index (χ4n) is 1.87. The standard InChI is InChI=1S/C14H21NO/c1-11(16)8-9-15-10-12-2-4-13(5-3-12)14-6-7-14/h2-5,11,14-16H,6-10H2,1H3. The lowest BCUT2D eigenvalue weighted by Gasteiger charge is -2.07. The quantitative estimate of drug-likeness (QED) is 0.720. The Morgan fingerprint density at radius 2 is 2.00 bits per heavy atom. The van der Waals surface area contributed by atoms with Crippen LogP contribution in [-0.4, -0.2) is 17.8 Å². The number of nitrogens with one attached hydrogen (secondary N) is 1. The molecule has 0 amide bonds. The topological polar surface area (TPSA) is 32.3 Å². The lowest BCUT2D eigenvalue weighted by molar-refractivity contribution is 0.183. The molecular weight excluding hydrogens is 198 g/mol. The highest BCUT2D eigenvalue weighted by atomic mass is 16.3. The van der Waals surface area contributed by atoms with Crippen LogP contribution in [-0.2, 0) is 6.54 Å². The lowest BCUT2D eigenvalue weighted by Crippen LogP contribution is -2.18. The Balaban J connectivity index is 1.72. The predicted octanol–water partition coefficient (Wildman–Crippen LogP) is 2.42. The largest absolute Gasteiger partial charge is 0.393 e. The van der Waals surface area contributed by atoms with E-state index in [2.05, 4.69) is 29.6 Å². The molecule has 1 atom stereocenters. The molecule has 0 bridgehead atoms. The van der Waals surface area contributed by atoms with E-state index in [1.165, 1.54) is 24.0 Å². The van der Waals surface area contributed by atoms with Crippen LogP contribution in [0.5, 0.6) is 0 Å². The maximum absolute atomic E-state index is 9.11. The summed E-state index contributed by atoms with van der Waals surface area (Å²) in [6.45, 7) is 3.60. The molecule has 2 rings (SSSR count). The summed E-state index contributed by atoms with van der Waals surface area (Å²) in [6, 6.07) is 8.93. The second-order valence-corrected chi connectivity index (χ2v) is 4.83. The van der Waals surface area contributed by atoms with Gasteiger partial charge in [0.05, 0.1) is 6.10 Å². The van der Waals surface area contributed by atoms with Crippen LogP contribution in [0.3, 0.4) is 0 Å². The number of aliphatic hydroxyl groups excluding tert-OH is 1. The molecule has 1 saturated carbocycles. The molecule has 1 aromatic rings. The third-order valence-corrected chi connectivity index (χ3v) is 3.10. The van der Waals surface area contributed by atoms with Crippen LogP contribution in [0.15, 0.2) is 24.3 Å². The first kappa shape index (κ1) is 11.6. The van der Waals surface area contributed by atoms with Gasteiger partial charge >= 0.3 is 0 Å². The van der Waals surface area contributed by atoms with Crippen LogP contribution in [0, 0.1) is 0 Å². The third-order valence-electron chi connectivity index (χ3n) is 3.10. The highest BCUT2D eigenvalue weighted by molar-refractivity contribution is 5.27. The van der Waals surface area contributed by atoms with E-state index in [4.69, 9.17) is 5.11 Å². The summed E-state index contributed by atoms with van der Waals surface area (Å²) in [5.41, 5.74) is 2.82. The predicted molar refractivity (Wildman–Crippen MR) is 66.4 cm³/mol. The Morgan fingerprint density at radius 1 is 1.31 bits per heavy atom. The Bertz CT molecular complexity index is 314. The van der Waals surface area contributed by atoms with Gasteiger partial charge in [0.1, 0.15) is 0 Å².